The van der Waals surface area contributed by atoms with E-state index in [2.05, 4.69) is 20.5 Å². The number of anilines is 1. The van der Waals surface area contributed by atoms with Crippen LogP contribution >= 0.6 is 0 Å². The molecule has 3 aromatic heterocycles. The highest BCUT2D eigenvalue weighted by molar-refractivity contribution is 6.05. The van der Waals surface area contributed by atoms with Gasteiger partial charge in [-0.25, -0.2) is 14.3 Å². The molecule has 160 valence electrons. The quantitative estimate of drug-likeness (QED) is 0.508. The SMILES string of the molecule is Cc1ccc(-n2ncc(C(=O)Nc3cnc4c(cnn4C(C)C)c3)c2C(F)(F)F)cc1. The van der Waals surface area contributed by atoms with E-state index in [-0.39, 0.29) is 17.4 Å². The van der Waals surface area contributed by atoms with Gasteiger partial charge in [0, 0.05) is 11.4 Å². The molecule has 1 amide bonds. The predicted octanol–water partition coefficient (Wildman–Crippen LogP) is 4.78. The van der Waals surface area contributed by atoms with Crippen molar-refractivity contribution in [2.24, 2.45) is 0 Å². The third-order valence-corrected chi connectivity index (χ3v) is 4.74. The molecule has 1 N–H and O–H groups in total. The van der Waals surface area contributed by atoms with Gasteiger partial charge >= 0.3 is 6.18 Å². The van der Waals surface area contributed by atoms with Crippen molar-refractivity contribution in [2.45, 2.75) is 33.0 Å². The van der Waals surface area contributed by atoms with Gasteiger partial charge in [0.05, 0.1) is 35.5 Å². The second kappa shape index (κ2) is 7.53. The molecule has 7 nitrogen and oxygen atoms in total. The van der Waals surface area contributed by atoms with Gasteiger partial charge in [-0.15, -0.1) is 0 Å². The highest BCUT2D eigenvalue weighted by atomic mass is 19.4. The zero-order valence-electron chi connectivity index (χ0n) is 17.0. The molecule has 0 saturated carbocycles. The van der Waals surface area contributed by atoms with E-state index in [4.69, 9.17) is 0 Å². The summed E-state index contributed by atoms with van der Waals surface area (Å²) in [5.41, 5.74) is 0.266. The lowest BCUT2D eigenvalue weighted by Gasteiger charge is -2.13. The van der Waals surface area contributed by atoms with E-state index in [9.17, 15) is 18.0 Å². The van der Waals surface area contributed by atoms with Crippen LogP contribution in [0.3, 0.4) is 0 Å². The second-order valence-corrected chi connectivity index (χ2v) is 7.43. The number of hydrogen-bond donors (Lipinski definition) is 1. The summed E-state index contributed by atoms with van der Waals surface area (Å²) in [4.78, 5) is 17.0. The van der Waals surface area contributed by atoms with Crippen molar-refractivity contribution in [3.05, 3.63) is 65.7 Å². The zero-order chi connectivity index (χ0) is 22.3. The van der Waals surface area contributed by atoms with E-state index < -0.39 is 23.3 Å². The molecule has 0 saturated heterocycles. The smallest absolute Gasteiger partial charge is 0.320 e. The summed E-state index contributed by atoms with van der Waals surface area (Å²) in [5.74, 6) is -0.928. The number of aryl methyl sites for hydroxylation is 1. The molecule has 0 radical (unpaired) electrons. The van der Waals surface area contributed by atoms with Crippen LogP contribution in [0.1, 0.15) is 41.5 Å². The lowest BCUT2D eigenvalue weighted by molar-refractivity contribution is -0.143. The topological polar surface area (TPSA) is 77.6 Å². The number of halogens is 3. The van der Waals surface area contributed by atoms with Crippen LogP contribution in [0.5, 0.6) is 0 Å². The van der Waals surface area contributed by atoms with Gasteiger partial charge in [-0.3, -0.25) is 4.79 Å². The van der Waals surface area contributed by atoms with Gasteiger partial charge < -0.3 is 5.32 Å². The number of hydrogen-bond acceptors (Lipinski definition) is 4. The van der Waals surface area contributed by atoms with E-state index in [0.717, 1.165) is 16.4 Å². The minimum atomic E-state index is -4.78. The van der Waals surface area contributed by atoms with Gasteiger partial charge in [0.1, 0.15) is 0 Å². The van der Waals surface area contributed by atoms with E-state index in [0.29, 0.717) is 11.0 Å². The first-order chi connectivity index (χ1) is 14.6. The number of nitrogens with one attached hydrogen (secondary N) is 1. The number of carbonyl (C=O) groups excluding carboxylic acids is 1. The number of benzene rings is 1. The van der Waals surface area contributed by atoms with E-state index in [1.807, 2.05) is 20.8 Å². The maximum Gasteiger partial charge on any atom is 0.434 e. The number of amides is 1. The van der Waals surface area contributed by atoms with E-state index in [1.165, 1.54) is 18.3 Å². The maximum atomic E-state index is 13.8. The zero-order valence-corrected chi connectivity index (χ0v) is 17.0. The molecule has 0 aliphatic carbocycles. The summed E-state index contributed by atoms with van der Waals surface area (Å²) in [6.07, 6.45) is -0.886. The first kappa shape index (κ1) is 20.6. The van der Waals surface area contributed by atoms with E-state index >= 15 is 0 Å². The fourth-order valence-corrected chi connectivity index (χ4v) is 3.25. The van der Waals surface area contributed by atoms with Gasteiger partial charge in [-0.2, -0.15) is 23.4 Å². The molecule has 0 fully saturated rings. The molecule has 31 heavy (non-hydrogen) atoms. The predicted molar refractivity (Wildman–Crippen MR) is 109 cm³/mol. The van der Waals surface area contributed by atoms with Gasteiger partial charge in [0.25, 0.3) is 5.91 Å². The Labute approximate surface area is 175 Å². The first-order valence-corrected chi connectivity index (χ1v) is 9.52. The molecule has 0 bridgehead atoms. The Morgan fingerprint density at radius 3 is 2.42 bits per heavy atom. The highest BCUT2D eigenvalue weighted by Crippen LogP contribution is 2.34. The van der Waals surface area contributed by atoms with Crippen LogP contribution in [-0.2, 0) is 6.18 Å². The van der Waals surface area contributed by atoms with Crippen molar-refractivity contribution in [3.63, 3.8) is 0 Å². The Balaban J connectivity index is 1.69. The van der Waals surface area contributed by atoms with Crippen molar-refractivity contribution in [1.82, 2.24) is 24.5 Å². The molecular formula is C21H19F3N6O. The van der Waals surface area contributed by atoms with Crippen LogP contribution in [0.15, 0.2) is 48.9 Å². The van der Waals surface area contributed by atoms with Crippen molar-refractivity contribution in [2.75, 3.05) is 5.32 Å². The van der Waals surface area contributed by atoms with Crippen molar-refractivity contribution in [3.8, 4) is 5.69 Å². The van der Waals surface area contributed by atoms with Gasteiger partial charge in [0.15, 0.2) is 11.3 Å². The third-order valence-electron chi connectivity index (χ3n) is 4.74. The molecule has 4 rings (SSSR count). The molecule has 0 aliphatic heterocycles. The molecule has 0 atom stereocenters. The summed E-state index contributed by atoms with van der Waals surface area (Å²) in [5, 5.41) is 11.2. The lowest BCUT2D eigenvalue weighted by atomic mass is 10.2. The molecule has 4 aromatic rings. The Bertz CT molecular complexity index is 1250. The molecule has 0 aliphatic rings. The summed E-state index contributed by atoms with van der Waals surface area (Å²) >= 11 is 0. The van der Waals surface area contributed by atoms with Crippen LogP contribution in [0.4, 0.5) is 18.9 Å². The number of alkyl halides is 3. The monoisotopic (exact) mass is 428 g/mol. The van der Waals surface area contributed by atoms with Crippen molar-refractivity contribution >= 4 is 22.6 Å². The molecule has 3 heterocycles. The number of fused-ring (bicyclic) bond motifs is 1. The molecular weight excluding hydrogens is 409 g/mol. The Morgan fingerprint density at radius 2 is 1.77 bits per heavy atom. The standard InChI is InChI=1S/C21H19F3N6O/c1-12(2)29-19-14(9-26-29)8-15(10-25-19)28-20(31)17-11-27-30(18(17)21(22,23)24)16-6-4-13(3)5-7-16/h4-12H,1-3H3,(H,28,31). The Kier molecular flexibility index (Phi) is 5.00. The van der Waals surface area contributed by atoms with Crippen molar-refractivity contribution < 1.29 is 18.0 Å². The van der Waals surface area contributed by atoms with Crippen LogP contribution in [0, 0.1) is 6.92 Å². The summed E-state index contributed by atoms with van der Waals surface area (Å²) in [7, 11) is 0. The largest absolute Gasteiger partial charge is 0.434 e. The molecule has 0 unspecified atom stereocenters. The summed E-state index contributed by atoms with van der Waals surface area (Å²) in [6, 6.07) is 8.09. The third kappa shape index (κ3) is 3.88. The first-order valence-electron chi connectivity index (χ1n) is 9.52. The lowest BCUT2D eigenvalue weighted by Crippen LogP contribution is -2.20. The second-order valence-electron chi connectivity index (χ2n) is 7.43. The Hall–Kier alpha value is -3.69. The fraction of sp³-hybridized carbons (Fsp3) is 0.238. The fourth-order valence-electron chi connectivity index (χ4n) is 3.25. The maximum absolute atomic E-state index is 13.8. The van der Waals surface area contributed by atoms with E-state index in [1.54, 1.807) is 29.1 Å². The average molecular weight is 428 g/mol. The minimum absolute atomic E-state index is 0.0902. The minimum Gasteiger partial charge on any atom is -0.320 e. The normalized spacial score (nSPS) is 12.0. The number of aromatic nitrogens is 5. The van der Waals surface area contributed by atoms with Gasteiger partial charge in [-0.05, 0) is 39.0 Å². The molecule has 1 aromatic carbocycles. The highest BCUT2D eigenvalue weighted by Gasteiger charge is 2.40. The van der Waals surface area contributed by atoms with Crippen LogP contribution in [0.25, 0.3) is 16.7 Å². The number of carbonyl (C=O) groups is 1. The van der Waals surface area contributed by atoms with Gasteiger partial charge in [-0.1, -0.05) is 17.7 Å². The molecule has 0 spiro atoms. The van der Waals surface area contributed by atoms with Crippen molar-refractivity contribution in [1.29, 1.82) is 0 Å². The Morgan fingerprint density at radius 1 is 1.06 bits per heavy atom. The summed E-state index contributed by atoms with van der Waals surface area (Å²) in [6.45, 7) is 5.73. The number of rotatable bonds is 4. The van der Waals surface area contributed by atoms with Crippen LogP contribution < -0.4 is 5.32 Å². The summed E-state index contributed by atoms with van der Waals surface area (Å²) < 4.78 is 43.9. The van der Waals surface area contributed by atoms with Gasteiger partial charge in [0.2, 0.25) is 0 Å². The van der Waals surface area contributed by atoms with Crippen LogP contribution in [-0.4, -0.2) is 30.5 Å². The number of nitrogens with zero attached hydrogens (tertiary/aromatic N) is 5. The van der Waals surface area contributed by atoms with Crippen LogP contribution in [0.2, 0.25) is 0 Å². The molecule has 10 heteroatoms. The average Bonchev–Trinajstić information content (AvgIpc) is 3.32. The number of pyridine rings is 1.